The SMILES string of the molecule is COCCC1(CNC(=NCC(=O)N(C)C)NCC2CCCCC2)CCC1.I. The normalized spacial score (nSPS) is 19.6. The predicted molar refractivity (Wildman–Crippen MR) is 122 cm³/mol. The van der Waals surface area contributed by atoms with Crippen LogP contribution in [0.2, 0.25) is 0 Å². The Bertz CT molecular complexity index is 461. The largest absolute Gasteiger partial charge is 0.385 e. The average Bonchev–Trinajstić information content (AvgIpc) is 2.62. The number of likely N-dealkylation sites (N-methyl/N-ethyl adjacent to an activating group) is 1. The number of rotatable bonds is 9. The molecule has 2 rings (SSSR count). The summed E-state index contributed by atoms with van der Waals surface area (Å²) >= 11 is 0. The van der Waals surface area contributed by atoms with E-state index >= 15 is 0 Å². The standard InChI is InChI=1S/C20H38N4O2.HI/c1-24(2)18(25)15-22-19(21-14-17-8-5-4-6-9-17)23-16-20(10-7-11-20)12-13-26-3;/h17H,4-16H2,1-3H3,(H2,21,22,23);1H. The van der Waals surface area contributed by atoms with Crippen LogP contribution in [0.3, 0.4) is 0 Å². The first-order chi connectivity index (χ1) is 12.5. The minimum Gasteiger partial charge on any atom is -0.385 e. The van der Waals surface area contributed by atoms with Crippen LogP contribution in [0.4, 0.5) is 0 Å². The summed E-state index contributed by atoms with van der Waals surface area (Å²) in [5.41, 5.74) is 0.328. The topological polar surface area (TPSA) is 66.0 Å². The summed E-state index contributed by atoms with van der Waals surface area (Å²) in [6.07, 6.45) is 11.5. The molecule has 1 amide bonds. The molecule has 2 fully saturated rings. The van der Waals surface area contributed by atoms with Crippen LogP contribution >= 0.6 is 24.0 Å². The van der Waals surface area contributed by atoms with Gasteiger partial charge >= 0.3 is 0 Å². The van der Waals surface area contributed by atoms with Gasteiger partial charge in [0.2, 0.25) is 5.91 Å². The van der Waals surface area contributed by atoms with Crippen molar-refractivity contribution >= 4 is 35.8 Å². The zero-order valence-corrected chi connectivity index (χ0v) is 19.7. The fourth-order valence-electron chi connectivity index (χ4n) is 3.88. The summed E-state index contributed by atoms with van der Waals surface area (Å²) in [5.74, 6) is 1.54. The van der Waals surface area contributed by atoms with Gasteiger partial charge < -0.3 is 20.3 Å². The minimum absolute atomic E-state index is 0. The Hall–Kier alpha value is -0.570. The van der Waals surface area contributed by atoms with Crippen LogP contribution in [0.1, 0.15) is 57.8 Å². The monoisotopic (exact) mass is 494 g/mol. The van der Waals surface area contributed by atoms with Gasteiger partial charge in [-0.05, 0) is 43.4 Å². The molecule has 2 aliphatic rings. The molecule has 7 heteroatoms. The lowest BCUT2D eigenvalue weighted by Crippen LogP contribution is -2.48. The Morgan fingerprint density at radius 1 is 1.15 bits per heavy atom. The van der Waals surface area contributed by atoms with Gasteiger partial charge in [0.1, 0.15) is 6.54 Å². The van der Waals surface area contributed by atoms with E-state index in [1.807, 2.05) is 0 Å². The van der Waals surface area contributed by atoms with Crippen molar-refractivity contribution in [3.05, 3.63) is 0 Å². The Morgan fingerprint density at radius 3 is 2.41 bits per heavy atom. The van der Waals surface area contributed by atoms with Crippen molar-refractivity contribution in [1.82, 2.24) is 15.5 Å². The molecule has 0 aliphatic heterocycles. The first kappa shape index (κ1) is 24.5. The third-order valence-corrected chi connectivity index (χ3v) is 6.04. The van der Waals surface area contributed by atoms with E-state index in [2.05, 4.69) is 15.6 Å². The number of nitrogens with zero attached hydrogens (tertiary/aromatic N) is 2. The molecule has 2 N–H and O–H groups in total. The smallest absolute Gasteiger partial charge is 0.243 e. The molecule has 158 valence electrons. The second-order valence-corrected chi connectivity index (χ2v) is 8.29. The van der Waals surface area contributed by atoms with E-state index in [1.165, 1.54) is 51.4 Å². The van der Waals surface area contributed by atoms with E-state index < -0.39 is 0 Å². The molecule has 0 aromatic carbocycles. The molecular formula is C20H39IN4O2. The van der Waals surface area contributed by atoms with E-state index in [9.17, 15) is 4.79 Å². The van der Waals surface area contributed by atoms with Crippen molar-refractivity contribution in [3.63, 3.8) is 0 Å². The summed E-state index contributed by atoms with van der Waals surface area (Å²) in [5, 5.41) is 7.02. The van der Waals surface area contributed by atoms with Gasteiger partial charge in [-0.15, -0.1) is 24.0 Å². The van der Waals surface area contributed by atoms with Gasteiger partial charge in [-0.2, -0.15) is 0 Å². The highest BCUT2D eigenvalue weighted by Gasteiger charge is 2.36. The summed E-state index contributed by atoms with van der Waals surface area (Å²) in [6, 6.07) is 0. The summed E-state index contributed by atoms with van der Waals surface area (Å²) in [6.45, 7) is 2.86. The van der Waals surface area contributed by atoms with Crippen LogP contribution in [0.5, 0.6) is 0 Å². The van der Waals surface area contributed by atoms with Crippen molar-refractivity contribution < 1.29 is 9.53 Å². The van der Waals surface area contributed by atoms with Crippen LogP contribution in [-0.2, 0) is 9.53 Å². The number of carbonyl (C=O) groups excluding carboxylic acids is 1. The van der Waals surface area contributed by atoms with Crippen molar-refractivity contribution in [2.24, 2.45) is 16.3 Å². The lowest BCUT2D eigenvalue weighted by Gasteiger charge is -2.42. The number of methoxy groups -OCH3 is 1. The first-order valence-corrected chi connectivity index (χ1v) is 10.3. The summed E-state index contributed by atoms with van der Waals surface area (Å²) < 4.78 is 5.29. The van der Waals surface area contributed by atoms with Gasteiger partial charge in [0.15, 0.2) is 5.96 Å². The lowest BCUT2D eigenvalue weighted by atomic mass is 9.67. The Kier molecular flexibility index (Phi) is 11.6. The van der Waals surface area contributed by atoms with Crippen molar-refractivity contribution in [1.29, 1.82) is 0 Å². The number of amides is 1. The maximum atomic E-state index is 11.9. The van der Waals surface area contributed by atoms with E-state index in [0.717, 1.165) is 38.0 Å². The van der Waals surface area contributed by atoms with Crippen LogP contribution in [0.15, 0.2) is 4.99 Å². The quantitative estimate of drug-likeness (QED) is 0.294. The molecule has 0 aromatic heterocycles. The zero-order valence-electron chi connectivity index (χ0n) is 17.4. The minimum atomic E-state index is 0. The van der Waals surface area contributed by atoms with Gasteiger partial charge in [0, 0.05) is 40.9 Å². The zero-order chi connectivity index (χ0) is 18.8. The Balaban J connectivity index is 0.00000364. The van der Waals surface area contributed by atoms with Crippen molar-refractivity contribution in [2.75, 3.05) is 47.4 Å². The number of guanidine groups is 1. The Morgan fingerprint density at radius 2 is 1.85 bits per heavy atom. The third-order valence-electron chi connectivity index (χ3n) is 6.04. The molecule has 6 nitrogen and oxygen atoms in total. The predicted octanol–water partition coefficient (Wildman–Crippen LogP) is 3.01. The van der Waals surface area contributed by atoms with Gasteiger partial charge in [0.25, 0.3) is 0 Å². The molecule has 0 spiro atoms. The molecule has 27 heavy (non-hydrogen) atoms. The number of hydrogen-bond acceptors (Lipinski definition) is 3. The lowest BCUT2D eigenvalue weighted by molar-refractivity contribution is -0.127. The number of aliphatic imine (C=N–C) groups is 1. The number of nitrogens with one attached hydrogen (secondary N) is 2. The van der Waals surface area contributed by atoms with Gasteiger partial charge in [0.05, 0.1) is 0 Å². The van der Waals surface area contributed by atoms with Crippen molar-refractivity contribution in [2.45, 2.75) is 57.8 Å². The van der Waals surface area contributed by atoms with Crippen LogP contribution in [0, 0.1) is 11.3 Å². The third kappa shape index (κ3) is 8.54. The summed E-state index contributed by atoms with van der Waals surface area (Å²) in [7, 11) is 5.31. The van der Waals surface area contributed by atoms with E-state index in [1.54, 1.807) is 26.1 Å². The molecule has 0 radical (unpaired) electrons. The molecule has 0 atom stereocenters. The summed E-state index contributed by atoms with van der Waals surface area (Å²) in [4.78, 5) is 18.0. The molecule has 0 unspecified atom stereocenters. The Labute approximate surface area is 182 Å². The van der Waals surface area contributed by atoms with E-state index in [0.29, 0.717) is 5.41 Å². The first-order valence-electron chi connectivity index (χ1n) is 10.3. The molecule has 0 saturated heterocycles. The van der Waals surface area contributed by atoms with Gasteiger partial charge in [-0.1, -0.05) is 25.7 Å². The van der Waals surface area contributed by atoms with E-state index in [-0.39, 0.29) is 36.4 Å². The number of ether oxygens (including phenoxy) is 1. The molecule has 0 bridgehead atoms. The second kappa shape index (κ2) is 12.8. The number of halogens is 1. The molecular weight excluding hydrogens is 455 g/mol. The second-order valence-electron chi connectivity index (χ2n) is 8.29. The van der Waals surface area contributed by atoms with Crippen LogP contribution in [0.25, 0.3) is 0 Å². The molecule has 2 saturated carbocycles. The van der Waals surface area contributed by atoms with Crippen LogP contribution < -0.4 is 10.6 Å². The fourth-order valence-corrected chi connectivity index (χ4v) is 3.88. The number of hydrogen-bond donors (Lipinski definition) is 2. The highest BCUT2D eigenvalue weighted by Crippen LogP contribution is 2.43. The highest BCUT2D eigenvalue weighted by molar-refractivity contribution is 14.0. The highest BCUT2D eigenvalue weighted by atomic mass is 127. The number of carbonyl (C=O) groups is 1. The molecule has 2 aliphatic carbocycles. The van der Waals surface area contributed by atoms with Crippen LogP contribution in [-0.4, -0.2) is 64.2 Å². The van der Waals surface area contributed by atoms with Crippen molar-refractivity contribution in [3.8, 4) is 0 Å². The maximum Gasteiger partial charge on any atom is 0.243 e. The average molecular weight is 494 g/mol. The van der Waals surface area contributed by atoms with E-state index in [4.69, 9.17) is 4.74 Å². The fraction of sp³-hybridized carbons (Fsp3) is 0.900. The van der Waals surface area contributed by atoms with Gasteiger partial charge in [-0.3, -0.25) is 4.79 Å². The maximum absolute atomic E-state index is 11.9. The van der Waals surface area contributed by atoms with Gasteiger partial charge in [-0.25, -0.2) is 4.99 Å². The molecule has 0 aromatic rings. The molecule has 0 heterocycles.